The summed E-state index contributed by atoms with van der Waals surface area (Å²) in [6, 6.07) is 6.75. The first-order valence-electron chi connectivity index (χ1n) is 13.0. The van der Waals surface area contributed by atoms with Crippen molar-refractivity contribution in [2.45, 2.75) is 44.4 Å². The number of ether oxygens (including phenoxy) is 2. The summed E-state index contributed by atoms with van der Waals surface area (Å²) in [6.45, 7) is 13.2. The Hall–Kier alpha value is -3.17. The van der Waals surface area contributed by atoms with Crippen LogP contribution in [0.15, 0.2) is 49.6 Å². The van der Waals surface area contributed by atoms with E-state index in [1.165, 1.54) is 11.0 Å². The van der Waals surface area contributed by atoms with E-state index < -0.39 is 35.6 Å². The number of nitrogens with zero attached hydrogens (tertiary/aromatic N) is 3. The lowest BCUT2D eigenvalue weighted by atomic mass is 9.70. The third-order valence-electron chi connectivity index (χ3n) is 7.86. The highest BCUT2D eigenvalue weighted by molar-refractivity contribution is 6.04. The molecule has 200 valence electrons. The van der Waals surface area contributed by atoms with Crippen LogP contribution in [-0.4, -0.2) is 84.9 Å². The van der Waals surface area contributed by atoms with Crippen LogP contribution in [0.1, 0.15) is 26.7 Å². The molecule has 3 saturated heterocycles. The Morgan fingerprint density at radius 2 is 1.86 bits per heavy atom. The Morgan fingerprint density at radius 1 is 1.19 bits per heavy atom. The third-order valence-corrected chi connectivity index (χ3v) is 7.86. The van der Waals surface area contributed by atoms with E-state index in [0.717, 1.165) is 18.8 Å². The minimum atomic E-state index is -1.15. The van der Waals surface area contributed by atoms with Gasteiger partial charge in [-0.2, -0.15) is 0 Å². The van der Waals surface area contributed by atoms with Crippen LogP contribution >= 0.6 is 0 Å². The van der Waals surface area contributed by atoms with Crippen LogP contribution in [0, 0.1) is 11.8 Å². The first kappa shape index (κ1) is 26.9. The van der Waals surface area contributed by atoms with Crippen molar-refractivity contribution in [1.29, 1.82) is 0 Å². The van der Waals surface area contributed by atoms with Crippen molar-refractivity contribution in [3.8, 4) is 0 Å². The lowest BCUT2D eigenvalue weighted by Gasteiger charge is -2.36. The Morgan fingerprint density at radius 3 is 2.46 bits per heavy atom. The Kier molecular flexibility index (Phi) is 8.04. The molecule has 3 aliphatic heterocycles. The molecule has 3 fully saturated rings. The fourth-order valence-electron chi connectivity index (χ4n) is 6.32. The van der Waals surface area contributed by atoms with E-state index in [1.54, 1.807) is 11.0 Å². The number of aliphatic hydroxyl groups excluding tert-OH is 1. The number of hydrogen-bond donors (Lipinski definition) is 1. The third kappa shape index (κ3) is 4.44. The molecule has 2 unspecified atom stereocenters. The average molecular weight is 512 g/mol. The summed E-state index contributed by atoms with van der Waals surface area (Å²) in [5.41, 5.74) is 0.577. The number of fused-ring (bicyclic) bond motifs is 1. The van der Waals surface area contributed by atoms with Crippen LogP contribution in [0.25, 0.3) is 0 Å². The van der Waals surface area contributed by atoms with Crippen molar-refractivity contribution >= 4 is 29.2 Å². The molecule has 9 nitrogen and oxygen atoms in total. The van der Waals surface area contributed by atoms with Gasteiger partial charge >= 0.3 is 5.97 Å². The molecule has 37 heavy (non-hydrogen) atoms. The van der Waals surface area contributed by atoms with Crippen molar-refractivity contribution in [2.24, 2.45) is 11.8 Å². The van der Waals surface area contributed by atoms with Crippen molar-refractivity contribution in [3.05, 3.63) is 49.6 Å². The number of likely N-dealkylation sites (tertiary alicyclic amines) is 1. The Labute approximate surface area is 218 Å². The van der Waals surface area contributed by atoms with Gasteiger partial charge in [-0.3, -0.25) is 14.4 Å². The van der Waals surface area contributed by atoms with Gasteiger partial charge in [0.15, 0.2) is 0 Å². The number of carbonyl (C=O) groups is 3. The highest BCUT2D eigenvalue weighted by Gasteiger charge is 2.75. The maximum Gasteiger partial charge on any atom is 0.312 e. The van der Waals surface area contributed by atoms with E-state index in [2.05, 4.69) is 31.9 Å². The maximum absolute atomic E-state index is 14.3. The highest BCUT2D eigenvalue weighted by atomic mass is 16.6. The fraction of sp³-hybridized carbons (Fsp3) is 0.536. The molecule has 3 aliphatic rings. The largest absolute Gasteiger partial charge is 0.461 e. The smallest absolute Gasteiger partial charge is 0.312 e. The lowest BCUT2D eigenvalue weighted by Crippen LogP contribution is -2.56. The Bertz CT molecular complexity index is 1040. The summed E-state index contributed by atoms with van der Waals surface area (Å²) in [5.74, 6) is -2.82. The number of esters is 1. The minimum Gasteiger partial charge on any atom is -0.461 e. The van der Waals surface area contributed by atoms with Crippen molar-refractivity contribution in [2.75, 3.05) is 49.2 Å². The molecule has 1 aromatic carbocycles. The second-order valence-electron chi connectivity index (χ2n) is 9.66. The van der Waals surface area contributed by atoms with Crippen LogP contribution in [0.4, 0.5) is 11.4 Å². The Balaban J connectivity index is 1.69. The van der Waals surface area contributed by atoms with E-state index in [0.29, 0.717) is 18.5 Å². The van der Waals surface area contributed by atoms with Crippen LogP contribution < -0.4 is 9.80 Å². The normalized spacial score (nSPS) is 27.6. The number of rotatable bonds is 12. The van der Waals surface area contributed by atoms with Crippen LogP contribution in [-0.2, 0) is 23.9 Å². The summed E-state index contributed by atoms with van der Waals surface area (Å²) < 4.78 is 11.7. The van der Waals surface area contributed by atoms with Gasteiger partial charge in [-0.05, 0) is 51.0 Å². The second-order valence-corrected chi connectivity index (χ2v) is 9.66. The summed E-state index contributed by atoms with van der Waals surface area (Å²) >= 11 is 0. The fourth-order valence-corrected chi connectivity index (χ4v) is 6.32. The predicted molar refractivity (Wildman–Crippen MR) is 140 cm³/mol. The molecule has 0 saturated carbocycles. The van der Waals surface area contributed by atoms with E-state index in [4.69, 9.17) is 9.47 Å². The topological polar surface area (TPSA) is 99.6 Å². The zero-order chi connectivity index (χ0) is 26.7. The van der Waals surface area contributed by atoms with Gasteiger partial charge in [0.05, 0.1) is 24.5 Å². The van der Waals surface area contributed by atoms with Gasteiger partial charge in [0.1, 0.15) is 18.2 Å². The predicted octanol–water partition coefficient (Wildman–Crippen LogP) is 2.15. The van der Waals surface area contributed by atoms with E-state index in [-0.39, 0.29) is 38.1 Å². The van der Waals surface area contributed by atoms with E-state index in [9.17, 15) is 19.5 Å². The molecule has 4 rings (SSSR count). The van der Waals surface area contributed by atoms with Gasteiger partial charge in [0.2, 0.25) is 5.91 Å². The monoisotopic (exact) mass is 511 g/mol. The molecular formula is C28H37N3O6. The van der Waals surface area contributed by atoms with Gasteiger partial charge in [-0.25, -0.2) is 0 Å². The minimum absolute atomic E-state index is 0.0290. The summed E-state index contributed by atoms with van der Waals surface area (Å²) in [5, 5.41) is 9.77. The van der Waals surface area contributed by atoms with Crippen molar-refractivity contribution in [3.63, 3.8) is 0 Å². The number of aliphatic hydroxyl groups is 1. The summed E-state index contributed by atoms with van der Waals surface area (Å²) in [7, 11) is 0. The summed E-state index contributed by atoms with van der Waals surface area (Å²) in [4.78, 5) is 46.1. The molecule has 2 amide bonds. The van der Waals surface area contributed by atoms with Gasteiger partial charge < -0.3 is 29.3 Å². The van der Waals surface area contributed by atoms with Gasteiger partial charge in [0.25, 0.3) is 5.91 Å². The van der Waals surface area contributed by atoms with Crippen LogP contribution in [0.3, 0.4) is 0 Å². The molecule has 1 N–H and O–H groups in total. The second kappa shape index (κ2) is 11.1. The molecular weight excluding hydrogens is 474 g/mol. The van der Waals surface area contributed by atoms with Crippen LogP contribution in [0.2, 0.25) is 0 Å². The zero-order valence-electron chi connectivity index (χ0n) is 21.7. The van der Waals surface area contributed by atoms with Gasteiger partial charge in [-0.15, -0.1) is 6.58 Å². The molecule has 9 heteroatoms. The number of benzene rings is 1. The average Bonchev–Trinajstić information content (AvgIpc) is 3.54. The van der Waals surface area contributed by atoms with Crippen LogP contribution in [0.5, 0.6) is 0 Å². The quantitative estimate of drug-likeness (QED) is 0.339. The number of amides is 2. The first-order valence-corrected chi connectivity index (χ1v) is 13.0. The van der Waals surface area contributed by atoms with Crippen molar-refractivity contribution < 1.29 is 29.0 Å². The highest BCUT2D eigenvalue weighted by Crippen LogP contribution is 2.58. The molecule has 0 radical (unpaired) electrons. The number of β-amino-alcohol motifs (C(OH)–C–C–N with tert-alkyl or cyclic N) is 1. The molecule has 5 atom stereocenters. The molecule has 1 aromatic rings. The van der Waals surface area contributed by atoms with Crippen molar-refractivity contribution in [1.82, 2.24) is 4.90 Å². The number of carbonyl (C=O) groups excluding carboxylic acids is 3. The lowest BCUT2D eigenvalue weighted by molar-refractivity contribution is -0.154. The SMILES string of the molecule is C=CCOC(=O)[C@@H]1[C@@H]2CCC3(O2)C(C(=O)N(CC=C)c2ccc(N(CC)CC)cc2)N(CCO)C(=O)[C@H]13. The molecule has 0 aliphatic carbocycles. The summed E-state index contributed by atoms with van der Waals surface area (Å²) in [6.07, 6.45) is 3.65. The van der Waals surface area contributed by atoms with Gasteiger partial charge in [0, 0.05) is 37.6 Å². The number of anilines is 2. The van der Waals surface area contributed by atoms with Gasteiger partial charge in [-0.1, -0.05) is 18.7 Å². The molecule has 1 spiro atoms. The standard InChI is InChI=1S/C28H37N3O6/c1-5-15-30(20-11-9-19(10-12-20)29(7-3)8-4)26(34)24-28-14-13-21(37-28)22(27(35)36-18-6-2)23(28)25(33)31(24)16-17-32/h5-6,9-12,21-24,32H,1-2,7-8,13-18H2,3-4H3/t21-,22+,23-,24?,28?/m0/s1. The van der Waals surface area contributed by atoms with E-state index in [1.807, 2.05) is 24.3 Å². The number of hydrogen-bond acceptors (Lipinski definition) is 7. The van der Waals surface area contributed by atoms with E-state index >= 15 is 0 Å². The molecule has 0 aromatic heterocycles. The maximum atomic E-state index is 14.3. The molecule has 2 bridgehead atoms. The molecule has 3 heterocycles. The first-order chi connectivity index (χ1) is 17.9. The zero-order valence-corrected chi connectivity index (χ0v) is 21.7.